The van der Waals surface area contributed by atoms with Crippen LogP contribution < -0.4 is 10.1 Å². The molecule has 0 spiro atoms. The Morgan fingerprint density at radius 3 is 2.61 bits per heavy atom. The van der Waals surface area contributed by atoms with Crippen LogP contribution in [0.15, 0.2) is 36.0 Å². The van der Waals surface area contributed by atoms with Crippen molar-refractivity contribution in [3.05, 3.63) is 46.4 Å². The molecule has 0 saturated heterocycles. The summed E-state index contributed by atoms with van der Waals surface area (Å²) < 4.78 is 5.46. The molecule has 1 heterocycles. The quantitative estimate of drug-likeness (QED) is 0.867. The summed E-state index contributed by atoms with van der Waals surface area (Å²) in [4.78, 5) is 5.39. The summed E-state index contributed by atoms with van der Waals surface area (Å²) in [6.45, 7) is 5.73. The van der Waals surface area contributed by atoms with Crippen molar-refractivity contribution in [2.45, 2.75) is 19.9 Å². The highest BCUT2D eigenvalue weighted by Crippen LogP contribution is 2.26. The molecule has 1 aromatic carbocycles. The summed E-state index contributed by atoms with van der Waals surface area (Å²) in [5.74, 6) is 0.917. The van der Waals surface area contributed by atoms with Crippen LogP contribution in [-0.2, 0) is 0 Å². The van der Waals surface area contributed by atoms with E-state index in [0.29, 0.717) is 6.61 Å². The molecule has 18 heavy (non-hydrogen) atoms. The predicted molar refractivity (Wildman–Crippen MR) is 75.2 cm³/mol. The zero-order chi connectivity index (χ0) is 12.8. The van der Waals surface area contributed by atoms with Gasteiger partial charge < -0.3 is 10.1 Å². The highest BCUT2D eigenvalue weighted by atomic mass is 32.1. The minimum absolute atomic E-state index is 0.221. The number of benzene rings is 1. The first kappa shape index (κ1) is 13.1. The normalized spacial score (nSPS) is 12.3. The molecular formula is C14H18N2OS. The lowest BCUT2D eigenvalue weighted by molar-refractivity contribution is 0.340. The maximum atomic E-state index is 5.46. The number of aromatic nitrogens is 1. The Morgan fingerprint density at radius 2 is 2.06 bits per heavy atom. The lowest BCUT2D eigenvalue weighted by Gasteiger charge is -2.16. The summed E-state index contributed by atoms with van der Waals surface area (Å²) in [6.07, 6.45) is 1.93. The molecule has 0 aliphatic rings. The molecule has 4 heteroatoms. The van der Waals surface area contributed by atoms with Gasteiger partial charge in [0.2, 0.25) is 0 Å². The fraction of sp³-hybridized carbons (Fsp3) is 0.357. The lowest BCUT2D eigenvalue weighted by Crippen LogP contribution is -2.21. The van der Waals surface area contributed by atoms with Gasteiger partial charge in [-0.25, -0.2) is 0 Å². The molecule has 0 fully saturated rings. The first-order valence-corrected chi connectivity index (χ1v) is 7.07. The van der Waals surface area contributed by atoms with Crippen molar-refractivity contribution < 1.29 is 4.74 Å². The third kappa shape index (κ3) is 3.09. The van der Waals surface area contributed by atoms with Crippen molar-refractivity contribution in [1.29, 1.82) is 0 Å². The Labute approximate surface area is 112 Å². The number of nitrogens with zero attached hydrogens (tertiary/aromatic N) is 1. The number of rotatable bonds is 6. The van der Waals surface area contributed by atoms with Gasteiger partial charge in [0.1, 0.15) is 5.75 Å². The van der Waals surface area contributed by atoms with Gasteiger partial charge >= 0.3 is 0 Å². The van der Waals surface area contributed by atoms with Crippen LogP contribution in [0.1, 0.15) is 30.3 Å². The summed E-state index contributed by atoms with van der Waals surface area (Å²) in [7, 11) is 0. The standard InChI is InChI=1S/C14H18N2OS/c1-3-16-14(13-9-15-10-18-13)11-5-7-12(8-6-11)17-4-2/h5-10,14,16H,3-4H2,1-2H3. The van der Waals surface area contributed by atoms with Gasteiger partial charge in [0.15, 0.2) is 0 Å². The van der Waals surface area contributed by atoms with E-state index in [0.717, 1.165) is 12.3 Å². The molecule has 0 aliphatic carbocycles. The largest absolute Gasteiger partial charge is 0.494 e. The van der Waals surface area contributed by atoms with Gasteiger partial charge in [-0.1, -0.05) is 19.1 Å². The molecule has 2 rings (SSSR count). The second kappa shape index (κ2) is 6.52. The van der Waals surface area contributed by atoms with Crippen molar-refractivity contribution >= 4 is 11.3 Å². The Morgan fingerprint density at radius 1 is 1.28 bits per heavy atom. The van der Waals surface area contributed by atoms with Crippen molar-refractivity contribution in [1.82, 2.24) is 10.3 Å². The second-order valence-corrected chi connectivity index (χ2v) is 4.81. The SMILES string of the molecule is CCNC(c1ccc(OCC)cc1)c1cncs1. The molecule has 96 valence electrons. The monoisotopic (exact) mass is 262 g/mol. The van der Waals surface area contributed by atoms with Crippen LogP contribution in [0.2, 0.25) is 0 Å². The van der Waals surface area contributed by atoms with Crippen LogP contribution in [0.3, 0.4) is 0 Å². The molecule has 0 aliphatic heterocycles. The van der Waals surface area contributed by atoms with Crippen LogP contribution in [0.4, 0.5) is 0 Å². The number of hydrogen-bond donors (Lipinski definition) is 1. The first-order chi connectivity index (χ1) is 8.85. The summed E-state index contributed by atoms with van der Waals surface area (Å²) in [5, 5.41) is 3.48. The first-order valence-electron chi connectivity index (χ1n) is 6.19. The van der Waals surface area contributed by atoms with Gasteiger partial charge in [-0.2, -0.15) is 0 Å². The van der Waals surface area contributed by atoms with Crippen LogP contribution in [0.5, 0.6) is 5.75 Å². The molecule has 1 N–H and O–H groups in total. The van der Waals surface area contributed by atoms with Crippen molar-refractivity contribution in [3.63, 3.8) is 0 Å². The second-order valence-electron chi connectivity index (χ2n) is 3.90. The van der Waals surface area contributed by atoms with Gasteiger partial charge in [0, 0.05) is 11.1 Å². The summed E-state index contributed by atoms with van der Waals surface area (Å²) >= 11 is 1.68. The molecule has 1 atom stereocenters. The van der Waals surface area contributed by atoms with Crippen LogP contribution in [-0.4, -0.2) is 18.1 Å². The third-order valence-corrected chi connectivity index (χ3v) is 3.51. The van der Waals surface area contributed by atoms with Crippen molar-refractivity contribution in [2.24, 2.45) is 0 Å². The molecule has 0 radical (unpaired) electrons. The van der Waals surface area contributed by atoms with Gasteiger partial charge in [0.25, 0.3) is 0 Å². The average Bonchev–Trinajstić information content (AvgIpc) is 2.91. The van der Waals surface area contributed by atoms with Crippen molar-refractivity contribution in [2.75, 3.05) is 13.2 Å². The third-order valence-electron chi connectivity index (χ3n) is 2.67. The highest BCUT2D eigenvalue weighted by Gasteiger charge is 2.14. The van der Waals surface area contributed by atoms with E-state index in [1.54, 1.807) is 11.3 Å². The number of hydrogen-bond acceptors (Lipinski definition) is 4. The molecule has 2 aromatic rings. The topological polar surface area (TPSA) is 34.1 Å². The van der Waals surface area contributed by atoms with Gasteiger partial charge in [0.05, 0.1) is 18.2 Å². The maximum absolute atomic E-state index is 5.46. The molecule has 1 aromatic heterocycles. The predicted octanol–water partition coefficient (Wildman–Crippen LogP) is 3.24. The highest BCUT2D eigenvalue weighted by molar-refractivity contribution is 7.09. The summed E-state index contributed by atoms with van der Waals surface area (Å²) in [5.41, 5.74) is 3.11. The fourth-order valence-corrected chi connectivity index (χ4v) is 2.60. The molecule has 3 nitrogen and oxygen atoms in total. The van der Waals surface area contributed by atoms with E-state index < -0.39 is 0 Å². The number of nitrogens with one attached hydrogen (secondary N) is 1. The molecule has 0 bridgehead atoms. The Kier molecular flexibility index (Phi) is 4.73. The van der Waals surface area contributed by atoms with E-state index in [9.17, 15) is 0 Å². The van der Waals surface area contributed by atoms with E-state index in [1.807, 2.05) is 30.8 Å². The molecule has 0 amide bonds. The van der Waals surface area contributed by atoms with Crippen molar-refractivity contribution in [3.8, 4) is 5.75 Å². The van der Waals surface area contributed by atoms with Gasteiger partial charge in [-0.3, -0.25) is 4.98 Å². The molecule has 1 unspecified atom stereocenters. The lowest BCUT2D eigenvalue weighted by atomic mass is 10.1. The van der Waals surface area contributed by atoms with E-state index in [4.69, 9.17) is 4.74 Å². The van der Waals surface area contributed by atoms with E-state index in [2.05, 4.69) is 29.4 Å². The molecular weight excluding hydrogens is 244 g/mol. The zero-order valence-electron chi connectivity index (χ0n) is 10.7. The van der Waals surface area contributed by atoms with Crippen LogP contribution in [0, 0.1) is 0 Å². The minimum Gasteiger partial charge on any atom is -0.494 e. The maximum Gasteiger partial charge on any atom is 0.119 e. The van der Waals surface area contributed by atoms with Gasteiger partial charge in [-0.15, -0.1) is 11.3 Å². The van der Waals surface area contributed by atoms with Crippen LogP contribution >= 0.6 is 11.3 Å². The Balaban J connectivity index is 2.20. The molecule has 0 saturated carbocycles. The van der Waals surface area contributed by atoms with Crippen LogP contribution in [0.25, 0.3) is 0 Å². The fourth-order valence-electron chi connectivity index (χ4n) is 1.88. The Hall–Kier alpha value is -1.39. The number of ether oxygens (including phenoxy) is 1. The minimum atomic E-state index is 0.221. The van der Waals surface area contributed by atoms with Gasteiger partial charge in [-0.05, 0) is 31.2 Å². The van der Waals surface area contributed by atoms with E-state index >= 15 is 0 Å². The number of thiazole rings is 1. The summed E-state index contributed by atoms with van der Waals surface area (Å²) in [6, 6.07) is 8.47. The Bertz CT molecular complexity index is 453. The zero-order valence-corrected chi connectivity index (χ0v) is 11.5. The van der Waals surface area contributed by atoms with E-state index in [-0.39, 0.29) is 6.04 Å². The smallest absolute Gasteiger partial charge is 0.119 e. The average molecular weight is 262 g/mol. The van der Waals surface area contributed by atoms with E-state index in [1.165, 1.54) is 10.4 Å².